The van der Waals surface area contributed by atoms with Crippen molar-refractivity contribution in [2.75, 3.05) is 24.6 Å². The van der Waals surface area contributed by atoms with E-state index in [1.54, 1.807) is 0 Å². The number of hydrogen-bond donors (Lipinski definition) is 0. The Morgan fingerprint density at radius 2 is 2.11 bits per heavy atom. The van der Waals surface area contributed by atoms with Gasteiger partial charge < -0.3 is 9.64 Å². The summed E-state index contributed by atoms with van der Waals surface area (Å²) in [5.41, 5.74) is 3.05. The fourth-order valence-corrected chi connectivity index (χ4v) is 2.51. The van der Waals surface area contributed by atoms with E-state index in [0.29, 0.717) is 6.10 Å². The van der Waals surface area contributed by atoms with Gasteiger partial charge in [0.2, 0.25) is 0 Å². The van der Waals surface area contributed by atoms with Crippen molar-refractivity contribution in [3.8, 4) is 0 Å². The molecule has 1 aliphatic rings. The molecule has 0 saturated carbocycles. The summed E-state index contributed by atoms with van der Waals surface area (Å²) in [5.74, 6) is 0. The van der Waals surface area contributed by atoms with E-state index in [1.807, 2.05) is 26.0 Å². The van der Waals surface area contributed by atoms with Crippen LogP contribution >= 0.6 is 0 Å². The minimum absolute atomic E-state index is 0.418. The van der Waals surface area contributed by atoms with Crippen LogP contribution in [0.25, 0.3) is 0 Å². The van der Waals surface area contributed by atoms with Crippen LogP contribution in [-0.2, 0) is 4.74 Å². The summed E-state index contributed by atoms with van der Waals surface area (Å²) in [6, 6.07) is 6.05. The molecule has 3 nitrogen and oxygen atoms in total. The Hall–Kier alpha value is -1.35. The third-order valence-electron chi connectivity index (χ3n) is 3.59. The highest BCUT2D eigenvalue weighted by atomic mass is 16.5. The predicted molar refractivity (Wildman–Crippen MR) is 73.4 cm³/mol. The van der Waals surface area contributed by atoms with Gasteiger partial charge in [-0.2, -0.15) is 0 Å². The van der Waals surface area contributed by atoms with Crippen molar-refractivity contribution in [3.05, 3.63) is 29.3 Å². The fraction of sp³-hybridized carbons (Fsp3) is 0.533. The smallest absolute Gasteiger partial charge is 0.150 e. The number of rotatable bonds is 4. The Morgan fingerprint density at radius 1 is 1.39 bits per heavy atom. The number of piperidine rings is 1. The highest BCUT2D eigenvalue weighted by Gasteiger charge is 2.19. The number of carbonyl (C=O) groups excluding carboxylic acids is 1. The van der Waals surface area contributed by atoms with E-state index >= 15 is 0 Å². The molecule has 3 heteroatoms. The molecule has 0 unspecified atom stereocenters. The third kappa shape index (κ3) is 2.91. The van der Waals surface area contributed by atoms with Crippen LogP contribution in [0.1, 0.15) is 35.7 Å². The van der Waals surface area contributed by atoms with E-state index in [-0.39, 0.29) is 0 Å². The normalized spacial score (nSPS) is 16.9. The standard InChI is InChI=1S/C15H21NO2/c1-3-18-15-6-8-16(9-7-15)14-5-4-13(11-17)12(2)10-14/h4-5,10-11,15H,3,6-9H2,1-2H3. The molecule has 0 aromatic heterocycles. The quantitative estimate of drug-likeness (QED) is 0.766. The van der Waals surface area contributed by atoms with Crippen LogP contribution in [0.4, 0.5) is 5.69 Å². The summed E-state index contributed by atoms with van der Waals surface area (Å²) in [5, 5.41) is 0. The largest absolute Gasteiger partial charge is 0.378 e. The Morgan fingerprint density at radius 3 is 2.67 bits per heavy atom. The molecule has 2 rings (SSSR count). The molecule has 98 valence electrons. The lowest BCUT2D eigenvalue weighted by atomic mass is 10.0. The number of aldehydes is 1. The highest BCUT2D eigenvalue weighted by Crippen LogP contribution is 2.23. The van der Waals surface area contributed by atoms with E-state index in [4.69, 9.17) is 4.74 Å². The second kappa shape index (κ2) is 6.01. The van der Waals surface area contributed by atoms with Crippen LogP contribution in [-0.4, -0.2) is 32.1 Å². The lowest BCUT2D eigenvalue weighted by Gasteiger charge is -2.33. The SMILES string of the molecule is CCOC1CCN(c2ccc(C=O)c(C)c2)CC1. The van der Waals surface area contributed by atoms with Crippen molar-refractivity contribution >= 4 is 12.0 Å². The topological polar surface area (TPSA) is 29.5 Å². The first kappa shape index (κ1) is 13.1. The molecule has 1 heterocycles. The summed E-state index contributed by atoms with van der Waals surface area (Å²) in [6.45, 7) is 6.90. The first-order valence-corrected chi connectivity index (χ1v) is 6.67. The van der Waals surface area contributed by atoms with E-state index in [1.165, 1.54) is 5.69 Å². The summed E-state index contributed by atoms with van der Waals surface area (Å²) in [7, 11) is 0. The van der Waals surface area contributed by atoms with Crippen LogP contribution in [0.15, 0.2) is 18.2 Å². The fourth-order valence-electron chi connectivity index (χ4n) is 2.51. The first-order chi connectivity index (χ1) is 8.74. The van der Waals surface area contributed by atoms with Gasteiger partial charge in [-0.05, 0) is 50.5 Å². The first-order valence-electron chi connectivity index (χ1n) is 6.67. The minimum Gasteiger partial charge on any atom is -0.378 e. The van der Waals surface area contributed by atoms with Crippen LogP contribution in [0.2, 0.25) is 0 Å². The average Bonchev–Trinajstić information content (AvgIpc) is 2.40. The van der Waals surface area contributed by atoms with Gasteiger partial charge in [0, 0.05) is 30.9 Å². The number of anilines is 1. The maximum Gasteiger partial charge on any atom is 0.150 e. The number of hydrogen-bond acceptors (Lipinski definition) is 3. The second-order valence-corrected chi connectivity index (χ2v) is 4.80. The van der Waals surface area contributed by atoms with Gasteiger partial charge in [0.1, 0.15) is 6.29 Å². The lowest BCUT2D eigenvalue weighted by molar-refractivity contribution is 0.0459. The molecule has 0 amide bonds. The van der Waals surface area contributed by atoms with Crippen molar-refractivity contribution in [2.24, 2.45) is 0 Å². The number of nitrogens with zero attached hydrogens (tertiary/aromatic N) is 1. The molecule has 1 fully saturated rings. The Bertz CT molecular complexity index is 409. The summed E-state index contributed by atoms with van der Waals surface area (Å²) < 4.78 is 5.65. The number of ether oxygens (including phenoxy) is 1. The van der Waals surface area contributed by atoms with Gasteiger partial charge in [0.25, 0.3) is 0 Å². The number of aryl methyl sites for hydroxylation is 1. The molecule has 1 aromatic carbocycles. The highest BCUT2D eigenvalue weighted by molar-refractivity contribution is 5.78. The maximum absolute atomic E-state index is 10.8. The molecular weight excluding hydrogens is 226 g/mol. The summed E-state index contributed by atoms with van der Waals surface area (Å²) in [4.78, 5) is 13.2. The zero-order chi connectivity index (χ0) is 13.0. The molecule has 1 aromatic rings. The van der Waals surface area contributed by atoms with Gasteiger partial charge in [0.15, 0.2) is 0 Å². The molecule has 1 saturated heterocycles. The van der Waals surface area contributed by atoms with Crippen molar-refractivity contribution in [3.63, 3.8) is 0 Å². The second-order valence-electron chi connectivity index (χ2n) is 4.80. The van der Waals surface area contributed by atoms with E-state index in [2.05, 4.69) is 11.0 Å². The molecular formula is C15H21NO2. The zero-order valence-corrected chi connectivity index (χ0v) is 11.2. The van der Waals surface area contributed by atoms with Gasteiger partial charge >= 0.3 is 0 Å². The lowest BCUT2D eigenvalue weighted by Crippen LogP contribution is -2.37. The average molecular weight is 247 g/mol. The summed E-state index contributed by atoms with van der Waals surface area (Å²) in [6.07, 6.45) is 3.51. The van der Waals surface area contributed by atoms with E-state index in [9.17, 15) is 4.79 Å². The molecule has 18 heavy (non-hydrogen) atoms. The molecule has 0 aliphatic carbocycles. The van der Waals surface area contributed by atoms with E-state index in [0.717, 1.165) is 50.0 Å². The number of benzene rings is 1. The van der Waals surface area contributed by atoms with Crippen molar-refractivity contribution in [2.45, 2.75) is 32.8 Å². The van der Waals surface area contributed by atoms with Gasteiger partial charge in [-0.25, -0.2) is 0 Å². The van der Waals surface area contributed by atoms with Crippen molar-refractivity contribution in [1.29, 1.82) is 0 Å². The Balaban J connectivity index is 2.01. The van der Waals surface area contributed by atoms with Crippen LogP contribution < -0.4 is 4.90 Å². The molecule has 0 radical (unpaired) electrons. The molecule has 0 spiro atoms. The van der Waals surface area contributed by atoms with Gasteiger partial charge in [-0.15, -0.1) is 0 Å². The molecule has 0 N–H and O–H groups in total. The van der Waals surface area contributed by atoms with E-state index < -0.39 is 0 Å². The molecule has 0 atom stereocenters. The maximum atomic E-state index is 10.8. The third-order valence-corrected chi connectivity index (χ3v) is 3.59. The van der Waals surface area contributed by atoms with Crippen molar-refractivity contribution in [1.82, 2.24) is 0 Å². The zero-order valence-electron chi connectivity index (χ0n) is 11.2. The Kier molecular flexibility index (Phi) is 4.37. The Labute approximate surface area is 109 Å². The minimum atomic E-state index is 0.418. The summed E-state index contributed by atoms with van der Waals surface area (Å²) >= 11 is 0. The predicted octanol–water partition coefficient (Wildman–Crippen LogP) is 2.81. The van der Waals surface area contributed by atoms with Gasteiger partial charge in [-0.3, -0.25) is 4.79 Å². The molecule has 1 aliphatic heterocycles. The van der Waals surface area contributed by atoms with Crippen LogP contribution in [0, 0.1) is 6.92 Å². The molecule has 0 bridgehead atoms. The van der Waals surface area contributed by atoms with Crippen LogP contribution in [0.3, 0.4) is 0 Å². The van der Waals surface area contributed by atoms with Gasteiger partial charge in [0.05, 0.1) is 6.10 Å². The monoisotopic (exact) mass is 247 g/mol. The van der Waals surface area contributed by atoms with Crippen molar-refractivity contribution < 1.29 is 9.53 Å². The van der Waals surface area contributed by atoms with Gasteiger partial charge in [-0.1, -0.05) is 0 Å². The van der Waals surface area contributed by atoms with Crippen LogP contribution in [0.5, 0.6) is 0 Å². The number of carbonyl (C=O) groups is 1.